The lowest BCUT2D eigenvalue weighted by atomic mass is 10.1. The Hall–Kier alpha value is -3.44. The molecule has 29 heavy (non-hydrogen) atoms. The quantitative estimate of drug-likeness (QED) is 0.467. The van der Waals surface area contributed by atoms with E-state index in [0.717, 1.165) is 44.6 Å². The summed E-state index contributed by atoms with van der Waals surface area (Å²) in [6.45, 7) is 0. The van der Waals surface area contributed by atoms with Crippen LogP contribution in [0.2, 0.25) is 0 Å². The van der Waals surface area contributed by atoms with Gasteiger partial charge in [-0.2, -0.15) is 0 Å². The summed E-state index contributed by atoms with van der Waals surface area (Å²) in [6, 6.07) is 25.0. The number of rotatable bonds is 3. The Morgan fingerprint density at radius 1 is 0.828 bits per heavy atom. The maximum atomic E-state index is 5.00. The molecule has 1 N–H and O–H groups in total. The summed E-state index contributed by atoms with van der Waals surface area (Å²) in [6.07, 6.45) is 0. The second-order valence-electron chi connectivity index (χ2n) is 7.12. The molecule has 1 aromatic heterocycles. The van der Waals surface area contributed by atoms with Crippen molar-refractivity contribution in [1.29, 1.82) is 0 Å². The fraction of sp³-hybridized carbons (Fsp3) is 0.0833. The molecule has 142 valence electrons. The highest BCUT2D eigenvalue weighted by atomic mass is 32.1. The van der Waals surface area contributed by atoms with Crippen LogP contribution in [0, 0.1) is 0 Å². The summed E-state index contributed by atoms with van der Waals surface area (Å²) in [5, 5.41) is 7.88. The maximum Gasteiger partial charge on any atom is 0.172 e. The van der Waals surface area contributed by atoms with Crippen molar-refractivity contribution in [2.75, 3.05) is 24.3 Å². The molecule has 0 amide bonds. The maximum absolute atomic E-state index is 5.00. The van der Waals surface area contributed by atoms with Gasteiger partial charge in [0, 0.05) is 30.7 Å². The number of thiophene rings is 1. The summed E-state index contributed by atoms with van der Waals surface area (Å²) in [5.74, 6) is 1.53. The fourth-order valence-electron chi connectivity index (χ4n) is 3.44. The van der Waals surface area contributed by atoms with Crippen molar-refractivity contribution in [2.45, 2.75) is 0 Å². The topological polar surface area (TPSA) is 40.0 Å². The first kappa shape index (κ1) is 17.6. The molecule has 5 rings (SSSR count). The van der Waals surface area contributed by atoms with E-state index < -0.39 is 0 Å². The minimum Gasteiger partial charge on any atom is -0.378 e. The van der Waals surface area contributed by atoms with Gasteiger partial charge in [-0.1, -0.05) is 36.4 Å². The van der Waals surface area contributed by atoms with Gasteiger partial charge >= 0.3 is 0 Å². The Balaban J connectivity index is 1.69. The van der Waals surface area contributed by atoms with E-state index in [9.17, 15) is 0 Å². The predicted molar refractivity (Wildman–Crippen MR) is 125 cm³/mol. The van der Waals surface area contributed by atoms with Crippen molar-refractivity contribution in [3.05, 3.63) is 88.6 Å². The van der Waals surface area contributed by atoms with Crippen molar-refractivity contribution in [2.24, 2.45) is 9.98 Å². The van der Waals surface area contributed by atoms with E-state index in [4.69, 9.17) is 9.98 Å². The van der Waals surface area contributed by atoms with Gasteiger partial charge < -0.3 is 10.2 Å². The highest BCUT2D eigenvalue weighted by molar-refractivity contribution is 7.12. The van der Waals surface area contributed by atoms with Crippen LogP contribution in [-0.2, 0) is 0 Å². The third-order valence-electron chi connectivity index (χ3n) is 4.99. The first-order valence-corrected chi connectivity index (χ1v) is 10.3. The zero-order valence-electron chi connectivity index (χ0n) is 16.3. The van der Waals surface area contributed by atoms with Crippen LogP contribution in [0.15, 0.2) is 88.2 Å². The smallest absolute Gasteiger partial charge is 0.172 e. The molecule has 1 aliphatic heterocycles. The Bertz CT molecular complexity index is 1240. The molecule has 0 radical (unpaired) electrons. The largest absolute Gasteiger partial charge is 0.378 e. The third kappa shape index (κ3) is 3.30. The van der Waals surface area contributed by atoms with Crippen molar-refractivity contribution in [1.82, 2.24) is 0 Å². The second-order valence-corrected chi connectivity index (χ2v) is 8.07. The van der Waals surface area contributed by atoms with Crippen LogP contribution in [-0.4, -0.2) is 25.8 Å². The van der Waals surface area contributed by atoms with Crippen molar-refractivity contribution >= 4 is 50.8 Å². The van der Waals surface area contributed by atoms with Gasteiger partial charge in [0.2, 0.25) is 0 Å². The van der Waals surface area contributed by atoms with Gasteiger partial charge in [-0.3, -0.25) is 0 Å². The molecule has 0 saturated heterocycles. The fourth-order valence-corrected chi connectivity index (χ4v) is 4.10. The van der Waals surface area contributed by atoms with Gasteiger partial charge in [0.25, 0.3) is 0 Å². The lowest BCUT2D eigenvalue weighted by Gasteiger charge is -2.14. The first-order valence-electron chi connectivity index (χ1n) is 9.47. The molecular weight excluding hydrogens is 376 g/mol. The van der Waals surface area contributed by atoms with Crippen LogP contribution >= 0.6 is 11.3 Å². The molecule has 0 spiro atoms. The van der Waals surface area contributed by atoms with Crippen LogP contribution in [0.1, 0.15) is 10.4 Å². The molecule has 2 heterocycles. The van der Waals surface area contributed by atoms with E-state index in [-0.39, 0.29) is 0 Å². The Kier molecular flexibility index (Phi) is 4.37. The van der Waals surface area contributed by atoms with E-state index in [1.54, 1.807) is 11.3 Å². The van der Waals surface area contributed by atoms with Gasteiger partial charge in [0.05, 0.1) is 16.3 Å². The summed E-state index contributed by atoms with van der Waals surface area (Å²) >= 11 is 1.65. The zero-order valence-corrected chi connectivity index (χ0v) is 17.1. The van der Waals surface area contributed by atoms with Gasteiger partial charge in [-0.15, -0.1) is 11.3 Å². The molecule has 3 aromatic carbocycles. The number of anilines is 2. The number of aliphatic imine (C=N–C) groups is 2. The van der Waals surface area contributed by atoms with Crippen LogP contribution in [0.4, 0.5) is 17.1 Å². The number of benzene rings is 3. The molecular formula is C24H20N4S. The SMILES string of the molecule is CN(C)c1ccc(C2=NC(c3cccs3)=Nc3c(ccc4ccccc34)N2)cc1. The highest BCUT2D eigenvalue weighted by Crippen LogP contribution is 2.37. The monoisotopic (exact) mass is 396 g/mol. The molecule has 0 fully saturated rings. The predicted octanol–water partition coefficient (Wildman–Crippen LogP) is 5.92. The van der Waals surface area contributed by atoms with Crippen LogP contribution in [0.3, 0.4) is 0 Å². The molecule has 0 bridgehead atoms. The van der Waals surface area contributed by atoms with Crippen molar-refractivity contribution < 1.29 is 0 Å². The Labute approximate surface area is 173 Å². The molecule has 1 aliphatic rings. The number of amidine groups is 2. The normalized spacial score (nSPS) is 13.2. The summed E-state index contributed by atoms with van der Waals surface area (Å²) in [4.78, 5) is 13.1. The Morgan fingerprint density at radius 2 is 1.66 bits per heavy atom. The molecule has 5 heteroatoms. The molecule has 0 aliphatic carbocycles. The minimum atomic E-state index is 0.731. The number of nitrogens with one attached hydrogen (secondary N) is 1. The Morgan fingerprint density at radius 3 is 2.41 bits per heavy atom. The standard InChI is InChI=1S/C24H20N4S/c1-28(2)18-12-9-17(10-13-18)23-25-20-14-11-16-6-3-4-7-19(16)22(20)26-24(27-23)21-8-5-15-29-21/h3-15H,1-2H3,(H,25,26,27). The van der Waals surface area contributed by atoms with Crippen LogP contribution in [0.25, 0.3) is 10.8 Å². The van der Waals surface area contributed by atoms with Crippen LogP contribution < -0.4 is 10.2 Å². The number of nitrogens with zero attached hydrogens (tertiary/aromatic N) is 3. The minimum absolute atomic E-state index is 0.731. The first-order chi connectivity index (χ1) is 14.2. The average Bonchev–Trinajstić information content (AvgIpc) is 3.21. The van der Waals surface area contributed by atoms with E-state index >= 15 is 0 Å². The van der Waals surface area contributed by atoms with E-state index in [1.807, 2.05) is 20.2 Å². The average molecular weight is 397 g/mol. The second kappa shape index (κ2) is 7.18. The summed E-state index contributed by atoms with van der Waals surface area (Å²) < 4.78 is 0. The van der Waals surface area contributed by atoms with Crippen molar-refractivity contribution in [3.63, 3.8) is 0 Å². The van der Waals surface area contributed by atoms with E-state index in [0.29, 0.717) is 0 Å². The van der Waals surface area contributed by atoms with Gasteiger partial charge in [-0.05, 0) is 47.2 Å². The molecule has 0 saturated carbocycles. The number of fused-ring (bicyclic) bond motifs is 3. The van der Waals surface area contributed by atoms with Gasteiger partial charge in [0.15, 0.2) is 5.84 Å². The summed E-state index contributed by atoms with van der Waals surface area (Å²) in [5.41, 5.74) is 4.07. The summed E-state index contributed by atoms with van der Waals surface area (Å²) in [7, 11) is 4.08. The van der Waals surface area contributed by atoms with Crippen molar-refractivity contribution in [3.8, 4) is 0 Å². The number of hydrogen-bond acceptors (Lipinski definition) is 5. The molecule has 0 atom stereocenters. The zero-order chi connectivity index (χ0) is 19.8. The van der Waals surface area contributed by atoms with E-state index in [2.05, 4.69) is 82.3 Å². The molecule has 4 nitrogen and oxygen atoms in total. The van der Waals surface area contributed by atoms with E-state index in [1.165, 1.54) is 5.39 Å². The number of hydrogen-bond donors (Lipinski definition) is 1. The van der Waals surface area contributed by atoms with Gasteiger partial charge in [-0.25, -0.2) is 9.98 Å². The van der Waals surface area contributed by atoms with Crippen LogP contribution in [0.5, 0.6) is 0 Å². The highest BCUT2D eigenvalue weighted by Gasteiger charge is 2.18. The third-order valence-corrected chi connectivity index (χ3v) is 5.85. The molecule has 0 unspecified atom stereocenters. The molecule has 4 aromatic rings. The lowest BCUT2D eigenvalue weighted by molar-refractivity contribution is 1.13. The van der Waals surface area contributed by atoms with Gasteiger partial charge in [0.1, 0.15) is 5.84 Å². The lowest BCUT2D eigenvalue weighted by Crippen LogP contribution is -2.15.